The lowest BCUT2D eigenvalue weighted by molar-refractivity contribution is -0.117. The van der Waals surface area contributed by atoms with Gasteiger partial charge in [-0.3, -0.25) is 15.0 Å². The Morgan fingerprint density at radius 1 is 0.889 bits per heavy atom. The molecule has 2 saturated heterocycles. The molecule has 0 bridgehead atoms. The second-order valence-corrected chi connectivity index (χ2v) is 11.0. The molecule has 2 aliphatic heterocycles. The van der Waals surface area contributed by atoms with Gasteiger partial charge in [-0.05, 0) is 62.8 Å². The van der Waals surface area contributed by atoms with Gasteiger partial charge < -0.3 is 9.88 Å². The number of aromatic nitrogens is 2. The molecule has 3 aliphatic rings. The number of anilines is 1. The van der Waals surface area contributed by atoms with Crippen molar-refractivity contribution >= 4 is 22.9 Å². The van der Waals surface area contributed by atoms with Crippen LogP contribution in [0.2, 0.25) is 0 Å². The van der Waals surface area contributed by atoms with Gasteiger partial charge in [0.05, 0.1) is 17.1 Å². The Balaban J connectivity index is 1.26. The highest BCUT2D eigenvalue weighted by Gasteiger charge is 2.40. The molecule has 1 atom stereocenters. The maximum atomic E-state index is 13.0. The normalized spacial score (nSPS) is 23.5. The summed E-state index contributed by atoms with van der Waals surface area (Å²) >= 11 is 0. The number of hydrogen-bond donors (Lipinski definition) is 2. The molecule has 0 radical (unpaired) electrons. The minimum Gasteiger partial charge on any atom is -0.307 e. The van der Waals surface area contributed by atoms with Crippen molar-refractivity contribution in [1.29, 1.82) is 0 Å². The first-order valence-corrected chi connectivity index (χ1v) is 14.1. The second kappa shape index (κ2) is 10.3. The number of nitrogens with zero attached hydrogens (tertiary/aromatic N) is 3. The molecular weight excluding hydrogens is 446 g/mol. The topological polar surface area (TPSA) is 62.2 Å². The number of rotatable bonds is 5. The van der Waals surface area contributed by atoms with E-state index >= 15 is 0 Å². The van der Waals surface area contributed by atoms with Crippen molar-refractivity contribution in [3.05, 3.63) is 60.2 Å². The Bertz CT molecular complexity index is 1170. The van der Waals surface area contributed by atoms with Crippen LogP contribution in [0, 0.1) is 0 Å². The molecule has 3 fully saturated rings. The third-order valence-corrected chi connectivity index (χ3v) is 8.88. The van der Waals surface area contributed by atoms with Crippen LogP contribution in [0.3, 0.4) is 0 Å². The van der Waals surface area contributed by atoms with E-state index in [0.717, 1.165) is 56.4 Å². The predicted octanol–water partition coefficient (Wildman–Crippen LogP) is 5.61. The van der Waals surface area contributed by atoms with E-state index in [4.69, 9.17) is 4.98 Å². The number of hydrogen-bond acceptors (Lipinski definition) is 4. The number of piperidine rings is 1. The van der Waals surface area contributed by atoms with Crippen LogP contribution in [0.5, 0.6) is 0 Å². The zero-order valence-corrected chi connectivity index (χ0v) is 21.3. The van der Waals surface area contributed by atoms with E-state index in [1.807, 2.05) is 6.07 Å². The summed E-state index contributed by atoms with van der Waals surface area (Å²) in [6, 6.07) is 19.8. The van der Waals surface area contributed by atoms with Gasteiger partial charge in [0.25, 0.3) is 0 Å². The van der Waals surface area contributed by atoms with Crippen LogP contribution < -0.4 is 10.6 Å². The molecule has 1 aromatic heterocycles. The Morgan fingerprint density at radius 2 is 1.61 bits per heavy atom. The van der Waals surface area contributed by atoms with Crippen LogP contribution in [0.4, 0.5) is 5.95 Å². The molecule has 6 rings (SSSR count). The summed E-state index contributed by atoms with van der Waals surface area (Å²) < 4.78 is 2.32. The van der Waals surface area contributed by atoms with Crippen molar-refractivity contribution < 1.29 is 4.79 Å². The summed E-state index contributed by atoms with van der Waals surface area (Å²) in [6.07, 6.45) is 11.9. The first-order valence-electron chi connectivity index (χ1n) is 14.1. The molecule has 0 spiro atoms. The van der Waals surface area contributed by atoms with Crippen LogP contribution >= 0.6 is 0 Å². The molecule has 2 aromatic carbocycles. The number of amides is 1. The van der Waals surface area contributed by atoms with Crippen LogP contribution in [0.1, 0.15) is 75.8 Å². The maximum absolute atomic E-state index is 13.0. The average molecular weight is 486 g/mol. The van der Waals surface area contributed by atoms with Crippen molar-refractivity contribution in [3.8, 4) is 0 Å². The van der Waals surface area contributed by atoms with Gasteiger partial charge in [-0.1, -0.05) is 68.1 Å². The van der Waals surface area contributed by atoms with E-state index in [2.05, 4.69) is 68.6 Å². The largest absolute Gasteiger partial charge is 0.307 e. The van der Waals surface area contributed by atoms with Gasteiger partial charge in [-0.25, -0.2) is 4.98 Å². The van der Waals surface area contributed by atoms with Crippen LogP contribution in [0.25, 0.3) is 11.0 Å². The third kappa shape index (κ3) is 4.46. The molecule has 6 heteroatoms. The summed E-state index contributed by atoms with van der Waals surface area (Å²) in [5, 5.41) is 6.51. The van der Waals surface area contributed by atoms with Crippen molar-refractivity contribution in [1.82, 2.24) is 19.8 Å². The second-order valence-electron chi connectivity index (χ2n) is 11.0. The fourth-order valence-corrected chi connectivity index (χ4v) is 7.01. The number of fused-ring (bicyclic) bond motifs is 1. The number of carbonyl (C=O) groups excluding carboxylic acids is 1. The van der Waals surface area contributed by atoms with Crippen molar-refractivity contribution in [2.24, 2.45) is 0 Å². The minimum absolute atomic E-state index is 0.0444. The number of carbonyl (C=O) groups is 1. The first kappa shape index (κ1) is 23.7. The van der Waals surface area contributed by atoms with Gasteiger partial charge in [0.1, 0.15) is 0 Å². The summed E-state index contributed by atoms with van der Waals surface area (Å²) in [6.45, 7) is 3.06. The number of benzene rings is 2. The number of nitrogens with one attached hydrogen (secondary N) is 2. The maximum Gasteiger partial charge on any atom is 0.243 e. The standard InChI is InChI=1S/C30H39N5O/c36-28(26-14-10-20-31-26)33-29-32-25-13-6-7-15-27(25)35(29)24-16-21-34(22-17-24)30(18-8-1-2-9-19-30)23-11-4-3-5-12-23/h3-7,11-13,15,24,26,31H,1-2,8-10,14,16-22H2,(H,32,33,36)/t26-/m0/s1. The van der Waals surface area contributed by atoms with Crippen molar-refractivity contribution in [2.45, 2.75) is 81.8 Å². The van der Waals surface area contributed by atoms with Crippen molar-refractivity contribution in [2.75, 3.05) is 25.0 Å². The average Bonchev–Trinajstić information content (AvgIpc) is 3.51. The van der Waals surface area contributed by atoms with Gasteiger partial charge in [0, 0.05) is 24.7 Å². The zero-order chi connectivity index (χ0) is 24.4. The lowest BCUT2D eigenvalue weighted by atomic mass is 9.79. The highest BCUT2D eigenvalue weighted by Crippen LogP contribution is 2.44. The third-order valence-electron chi connectivity index (χ3n) is 8.88. The lowest BCUT2D eigenvalue weighted by Gasteiger charge is -2.48. The molecule has 0 unspecified atom stereocenters. The highest BCUT2D eigenvalue weighted by atomic mass is 16.2. The molecule has 36 heavy (non-hydrogen) atoms. The van der Waals surface area contributed by atoms with Gasteiger partial charge in [0.2, 0.25) is 11.9 Å². The Labute approximate surface area is 214 Å². The predicted molar refractivity (Wildman–Crippen MR) is 145 cm³/mol. The fraction of sp³-hybridized carbons (Fsp3) is 0.533. The van der Waals surface area contributed by atoms with E-state index in [1.165, 1.54) is 44.1 Å². The van der Waals surface area contributed by atoms with Gasteiger partial charge in [-0.2, -0.15) is 0 Å². The monoisotopic (exact) mass is 485 g/mol. The molecule has 1 amide bonds. The SMILES string of the molecule is O=C(Nc1nc2ccccc2n1C1CCN(C2(c3ccccc3)CCCCCC2)CC1)[C@@H]1CCCN1. The Kier molecular flexibility index (Phi) is 6.81. The zero-order valence-electron chi connectivity index (χ0n) is 21.3. The van der Waals surface area contributed by atoms with Crippen molar-refractivity contribution in [3.63, 3.8) is 0 Å². The molecule has 1 saturated carbocycles. The molecule has 6 nitrogen and oxygen atoms in total. The minimum atomic E-state index is -0.110. The molecule has 3 aromatic rings. The van der Waals surface area contributed by atoms with Crippen LogP contribution in [-0.4, -0.2) is 46.0 Å². The van der Waals surface area contributed by atoms with E-state index < -0.39 is 0 Å². The van der Waals surface area contributed by atoms with Gasteiger partial charge in [-0.15, -0.1) is 0 Å². The highest BCUT2D eigenvalue weighted by molar-refractivity contribution is 5.95. The Hall–Kier alpha value is -2.70. The van der Waals surface area contributed by atoms with E-state index in [-0.39, 0.29) is 17.5 Å². The summed E-state index contributed by atoms with van der Waals surface area (Å²) in [4.78, 5) is 20.6. The fourth-order valence-electron chi connectivity index (χ4n) is 7.01. The lowest BCUT2D eigenvalue weighted by Crippen LogP contribution is -2.50. The number of para-hydroxylation sites is 2. The summed E-state index contributed by atoms with van der Waals surface area (Å²) in [5.41, 5.74) is 3.73. The molecule has 3 heterocycles. The Morgan fingerprint density at radius 3 is 2.33 bits per heavy atom. The van der Waals surface area contributed by atoms with E-state index in [9.17, 15) is 4.79 Å². The molecule has 190 valence electrons. The van der Waals surface area contributed by atoms with E-state index in [0.29, 0.717) is 12.0 Å². The number of likely N-dealkylation sites (tertiary alicyclic amines) is 1. The molecule has 2 N–H and O–H groups in total. The smallest absolute Gasteiger partial charge is 0.243 e. The molecular formula is C30H39N5O. The summed E-state index contributed by atoms with van der Waals surface area (Å²) in [5.74, 6) is 0.753. The van der Waals surface area contributed by atoms with Crippen LogP contribution in [0.15, 0.2) is 54.6 Å². The first-order chi connectivity index (χ1) is 17.7. The quantitative estimate of drug-likeness (QED) is 0.461. The van der Waals surface area contributed by atoms with E-state index in [1.54, 1.807) is 0 Å². The summed E-state index contributed by atoms with van der Waals surface area (Å²) in [7, 11) is 0. The van der Waals surface area contributed by atoms with Gasteiger partial charge >= 0.3 is 0 Å². The molecule has 1 aliphatic carbocycles. The number of imidazole rings is 1. The van der Waals surface area contributed by atoms with Crippen LogP contribution in [-0.2, 0) is 10.3 Å². The van der Waals surface area contributed by atoms with Gasteiger partial charge in [0.15, 0.2) is 0 Å².